The highest BCUT2D eigenvalue weighted by Gasteiger charge is 2.26. The molecule has 0 spiro atoms. The van der Waals surface area contributed by atoms with Crippen molar-refractivity contribution in [2.24, 2.45) is 0 Å². The Labute approximate surface area is 173 Å². The van der Waals surface area contributed by atoms with Crippen LogP contribution in [0.15, 0.2) is 72.8 Å². The molecule has 0 aliphatic carbocycles. The number of non-ortho nitro benzene ring substituents is 1. The molecule has 3 aromatic rings. The number of ether oxygens (including phenoxy) is 1. The van der Waals surface area contributed by atoms with Crippen molar-refractivity contribution in [3.63, 3.8) is 0 Å². The summed E-state index contributed by atoms with van der Waals surface area (Å²) in [7, 11) is 0. The first kappa shape index (κ1) is 20.7. The highest BCUT2D eigenvalue weighted by atomic mass is 16.6. The fourth-order valence-corrected chi connectivity index (χ4v) is 2.89. The summed E-state index contributed by atoms with van der Waals surface area (Å²) in [5.74, 6) is -1.35. The van der Waals surface area contributed by atoms with Gasteiger partial charge in [-0.15, -0.1) is 0 Å². The van der Waals surface area contributed by atoms with E-state index in [0.29, 0.717) is 11.3 Å². The molecule has 3 rings (SSSR count). The Hall–Kier alpha value is -4.00. The van der Waals surface area contributed by atoms with Gasteiger partial charge in [0.15, 0.2) is 0 Å². The average Bonchev–Trinajstić information content (AvgIpc) is 2.75. The molecule has 0 aliphatic heterocycles. The van der Waals surface area contributed by atoms with Gasteiger partial charge in [-0.1, -0.05) is 48.5 Å². The molecule has 0 aliphatic rings. The maximum Gasteiger partial charge on any atom is 0.339 e. The molecule has 1 N–H and O–H groups in total. The molecule has 3 aromatic carbocycles. The maximum atomic E-state index is 13.0. The van der Waals surface area contributed by atoms with Crippen LogP contribution in [0.5, 0.6) is 0 Å². The van der Waals surface area contributed by atoms with Crippen LogP contribution in [0.1, 0.15) is 33.2 Å². The van der Waals surface area contributed by atoms with E-state index in [9.17, 15) is 19.7 Å². The second-order valence-corrected chi connectivity index (χ2v) is 6.81. The average molecular weight is 404 g/mol. The quantitative estimate of drug-likeness (QED) is 0.363. The molecular weight excluding hydrogens is 384 g/mol. The Morgan fingerprint density at radius 2 is 1.70 bits per heavy atom. The highest BCUT2D eigenvalue weighted by Crippen LogP contribution is 2.24. The van der Waals surface area contributed by atoms with Gasteiger partial charge in [-0.25, -0.2) is 4.79 Å². The number of anilines is 1. The van der Waals surface area contributed by atoms with Crippen LogP contribution in [0, 0.1) is 24.0 Å². The van der Waals surface area contributed by atoms with Gasteiger partial charge < -0.3 is 10.1 Å². The van der Waals surface area contributed by atoms with Gasteiger partial charge >= 0.3 is 5.97 Å². The van der Waals surface area contributed by atoms with Gasteiger partial charge in [0.05, 0.1) is 10.5 Å². The first-order valence-corrected chi connectivity index (χ1v) is 9.23. The number of hydrogen-bond acceptors (Lipinski definition) is 5. The number of esters is 1. The molecule has 152 valence electrons. The summed E-state index contributed by atoms with van der Waals surface area (Å²) in [6.07, 6.45) is -1.22. The summed E-state index contributed by atoms with van der Waals surface area (Å²) in [6, 6.07) is 19.4. The Morgan fingerprint density at radius 3 is 2.40 bits per heavy atom. The summed E-state index contributed by atoms with van der Waals surface area (Å²) < 4.78 is 5.49. The molecule has 7 nitrogen and oxygen atoms in total. The molecule has 30 heavy (non-hydrogen) atoms. The number of nitro benzene ring substituents is 1. The molecule has 0 saturated carbocycles. The standard InChI is InChI=1S/C23H20N2O5/c1-15-11-12-16(2)20(13-15)24-22(26)21(17-7-4-3-5-8-17)30-23(27)18-9-6-10-19(14-18)25(28)29/h3-14,21H,1-2H3,(H,24,26)/t21-/m0/s1. The van der Waals surface area contributed by atoms with E-state index < -0.39 is 22.9 Å². The minimum absolute atomic E-state index is 0.00957. The summed E-state index contributed by atoms with van der Waals surface area (Å²) >= 11 is 0. The molecule has 1 amide bonds. The molecule has 1 atom stereocenters. The minimum atomic E-state index is -1.22. The molecule has 7 heteroatoms. The Kier molecular flexibility index (Phi) is 6.22. The van der Waals surface area contributed by atoms with Gasteiger partial charge in [0.2, 0.25) is 6.10 Å². The Morgan fingerprint density at radius 1 is 0.967 bits per heavy atom. The lowest BCUT2D eigenvalue weighted by atomic mass is 10.1. The van der Waals surface area contributed by atoms with Crippen LogP contribution < -0.4 is 5.32 Å². The van der Waals surface area contributed by atoms with Gasteiger partial charge in [-0.3, -0.25) is 14.9 Å². The minimum Gasteiger partial charge on any atom is -0.444 e. The van der Waals surface area contributed by atoms with Crippen LogP contribution in [0.4, 0.5) is 11.4 Å². The number of rotatable bonds is 6. The van der Waals surface area contributed by atoms with Gasteiger partial charge in [-0.05, 0) is 37.1 Å². The van der Waals surface area contributed by atoms with Crippen molar-refractivity contribution in [3.05, 3.63) is 105 Å². The molecule has 0 bridgehead atoms. The molecule has 0 saturated heterocycles. The van der Waals surface area contributed by atoms with Crippen molar-refractivity contribution in [3.8, 4) is 0 Å². The molecule has 0 unspecified atom stereocenters. The van der Waals surface area contributed by atoms with E-state index in [4.69, 9.17) is 4.74 Å². The zero-order valence-corrected chi connectivity index (χ0v) is 16.5. The first-order chi connectivity index (χ1) is 14.3. The molecule has 0 fully saturated rings. The van der Waals surface area contributed by atoms with Gasteiger partial charge in [0.1, 0.15) is 0 Å². The summed E-state index contributed by atoms with van der Waals surface area (Å²) in [5.41, 5.74) is 2.70. The Balaban J connectivity index is 1.89. The van der Waals surface area contributed by atoms with Crippen LogP contribution in [0.2, 0.25) is 0 Å². The Bertz CT molecular complexity index is 1100. The fraction of sp³-hybridized carbons (Fsp3) is 0.130. The molecule has 0 heterocycles. The topological polar surface area (TPSA) is 98.5 Å². The third kappa shape index (κ3) is 4.88. The number of benzene rings is 3. The largest absolute Gasteiger partial charge is 0.444 e. The SMILES string of the molecule is Cc1ccc(C)c(NC(=O)[C@@H](OC(=O)c2cccc([N+](=O)[O-])c2)c2ccccc2)c1. The lowest BCUT2D eigenvalue weighted by molar-refractivity contribution is -0.384. The van der Waals surface area contributed by atoms with E-state index in [1.54, 1.807) is 30.3 Å². The lowest BCUT2D eigenvalue weighted by Crippen LogP contribution is -2.26. The van der Waals surface area contributed by atoms with E-state index in [1.807, 2.05) is 32.0 Å². The number of nitro groups is 1. The predicted octanol–water partition coefficient (Wildman–Crippen LogP) is 4.75. The zero-order chi connectivity index (χ0) is 21.7. The first-order valence-electron chi connectivity index (χ1n) is 9.23. The highest BCUT2D eigenvalue weighted by molar-refractivity contribution is 5.98. The number of carbonyl (C=O) groups is 2. The van der Waals surface area contributed by atoms with Crippen molar-refractivity contribution in [1.82, 2.24) is 0 Å². The molecular formula is C23H20N2O5. The van der Waals surface area contributed by atoms with E-state index in [1.165, 1.54) is 18.2 Å². The number of aryl methyl sites for hydroxylation is 2. The third-order valence-corrected chi connectivity index (χ3v) is 4.51. The van der Waals surface area contributed by atoms with E-state index in [0.717, 1.165) is 17.2 Å². The summed E-state index contributed by atoms with van der Waals surface area (Å²) in [6.45, 7) is 3.77. The lowest BCUT2D eigenvalue weighted by Gasteiger charge is -2.19. The van der Waals surface area contributed by atoms with Crippen molar-refractivity contribution in [2.45, 2.75) is 20.0 Å². The van der Waals surface area contributed by atoms with Crippen molar-refractivity contribution < 1.29 is 19.2 Å². The van der Waals surface area contributed by atoms with Gasteiger partial charge in [0.25, 0.3) is 11.6 Å². The summed E-state index contributed by atoms with van der Waals surface area (Å²) in [5, 5.41) is 13.8. The van der Waals surface area contributed by atoms with Crippen LogP contribution >= 0.6 is 0 Å². The zero-order valence-electron chi connectivity index (χ0n) is 16.5. The van der Waals surface area contributed by atoms with Crippen molar-refractivity contribution in [1.29, 1.82) is 0 Å². The number of amides is 1. The molecule has 0 radical (unpaired) electrons. The number of nitrogens with zero attached hydrogens (tertiary/aromatic N) is 1. The summed E-state index contributed by atoms with van der Waals surface area (Å²) in [4.78, 5) is 36.1. The normalized spacial score (nSPS) is 11.4. The van der Waals surface area contributed by atoms with Crippen molar-refractivity contribution in [2.75, 3.05) is 5.32 Å². The van der Waals surface area contributed by atoms with Gasteiger partial charge in [-0.2, -0.15) is 0 Å². The van der Waals surface area contributed by atoms with Crippen LogP contribution in [0.3, 0.4) is 0 Å². The third-order valence-electron chi connectivity index (χ3n) is 4.51. The molecule has 0 aromatic heterocycles. The van der Waals surface area contributed by atoms with Crippen LogP contribution in [0.25, 0.3) is 0 Å². The number of nitrogens with one attached hydrogen (secondary N) is 1. The fourth-order valence-electron chi connectivity index (χ4n) is 2.89. The van der Waals surface area contributed by atoms with Crippen LogP contribution in [-0.4, -0.2) is 16.8 Å². The van der Waals surface area contributed by atoms with E-state index >= 15 is 0 Å². The second-order valence-electron chi connectivity index (χ2n) is 6.81. The van der Waals surface area contributed by atoms with Crippen molar-refractivity contribution >= 4 is 23.3 Å². The second kappa shape index (κ2) is 9.00. The monoisotopic (exact) mass is 404 g/mol. The smallest absolute Gasteiger partial charge is 0.339 e. The maximum absolute atomic E-state index is 13.0. The van der Waals surface area contributed by atoms with E-state index in [2.05, 4.69) is 5.32 Å². The predicted molar refractivity (Wildman–Crippen MR) is 112 cm³/mol. The number of hydrogen-bond donors (Lipinski definition) is 1. The van der Waals surface area contributed by atoms with Gasteiger partial charge in [0, 0.05) is 23.4 Å². The van der Waals surface area contributed by atoms with Crippen LogP contribution in [-0.2, 0) is 9.53 Å². The number of carbonyl (C=O) groups excluding carboxylic acids is 2. The van der Waals surface area contributed by atoms with E-state index in [-0.39, 0.29) is 11.3 Å².